The summed E-state index contributed by atoms with van der Waals surface area (Å²) >= 11 is 0. The number of hydrogen-bond acceptors (Lipinski definition) is 3. The highest BCUT2D eigenvalue weighted by molar-refractivity contribution is 5.88. The van der Waals surface area contributed by atoms with Crippen LogP contribution in [-0.4, -0.2) is 17.3 Å². The lowest BCUT2D eigenvalue weighted by molar-refractivity contribution is 0.0502. The zero-order valence-corrected chi connectivity index (χ0v) is 11.8. The van der Waals surface area contributed by atoms with E-state index in [1.54, 1.807) is 4.40 Å². The Hall–Kier alpha value is -2.59. The van der Waals surface area contributed by atoms with Crippen molar-refractivity contribution in [2.24, 2.45) is 0 Å². The van der Waals surface area contributed by atoms with E-state index in [0.29, 0.717) is 6.79 Å². The Labute approximate surface area is 126 Å². The Morgan fingerprint density at radius 2 is 2.09 bits per heavy atom. The first-order valence-corrected chi connectivity index (χ1v) is 7.33. The van der Waals surface area contributed by atoms with Crippen LogP contribution in [0.1, 0.15) is 11.1 Å². The largest absolute Gasteiger partial charge is 0.469 e. The molecule has 1 unspecified atom stereocenters. The molecule has 3 heterocycles. The van der Waals surface area contributed by atoms with Gasteiger partial charge in [-0.05, 0) is 35.2 Å². The number of pyridine rings is 2. The maximum atomic E-state index is 12.7. The van der Waals surface area contributed by atoms with E-state index in [2.05, 4.69) is 6.07 Å². The third-order valence-corrected chi connectivity index (χ3v) is 4.51. The van der Waals surface area contributed by atoms with Gasteiger partial charge >= 0.3 is 0 Å². The van der Waals surface area contributed by atoms with Crippen molar-refractivity contribution in [1.29, 1.82) is 0 Å². The number of aromatic nitrogens is 1. The Morgan fingerprint density at radius 1 is 1.18 bits per heavy atom. The fraction of sp³-hybridized carbons (Fsp3) is 0.167. The molecule has 0 radical (unpaired) electrons. The molecule has 1 atom stereocenters. The van der Waals surface area contributed by atoms with E-state index in [4.69, 9.17) is 9.47 Å². The molecule has 22 heavy (non-hydrogen) atoms. The molecule has 0 bridgehead atoms. The molecular weight excluding hydrogens is 278 g/mol. The number of fused-ring (bicyclic) bond motifs is 5. The van der Waals surface area contributed by atoms with Crippen LogP contribution >= 0.6 is 0 Å². The second-order valence-corrected chi connectivity index (χ2v) is 5.71. The van der Waals surface area contributed by atoms with Gasteiger partial charge in [-0.25, -0.2) is 0 Å². The first-order valence-electron chi connectivity index (χ1n) is 7.33. The highest BCUT2D eigenvalue weighted by Gasteiger charge is 2.29. The Balaban J connectivity index is 1.91. The van der Waals surface area contributed by atoms with Crippen LogP contribution in [0.4, 0.5) is 0 Å². The van der Waals surface area contributed by atoms with Crippen LogP contribution in [0.15, 0.2) is 53.1 Å². The fourth-order valence-electron chi connectivity index (χ4n) is 3.39. The first-order chi connectivity index (χ1) is 10.8. The monoisotopic (exact) mass is 291 g/mol. The van der Waals surface area contributed by atoms with Gasteiger partial charge in [-0.3, -0.25) is 9.20 Å². The summed E-state index contributed by atoms with van der Waals surface area (Å²) < 4.78 is 12.8. The van der Waals surface area contributed by atoms with Gasteiger partial charge in [-0.15, -0.1) is 0 Å². The van der Waals surface area contributed by atoms with Crippen molar-refractivity contribution in [2.75, 3.05) is 6.79 Å². The Kier molecular flexibility index (Phi) is 2.30. The van der Waals surface area contributed by atoms with Crippen molar-refractivity contribution < 1.29 is 9.47 Å². The van der Waals surface area contributed by atoms with Crippen LogP contribution in [0.3, 0.4) is 0 Å². The van der Waals surface area contributed by atoms with Crippen molar-refractivity contribution in [3.05, 3.63) is 69.8 Å². The van der Waals surface area contributed by atoms with Crippen molar-refractivity contribution in [1.82, 2.24) is 4.40 Å². The van der Waals surface area contributed by atoms with E-state index in [-0.39, 0.29) is 11.7 Å². The van der Waals surface area contributed by atoms with E-state index in [1.807, 2.05) is 42.6 Å². The summed E-state index contributed by atoms with van der Waals surface area (Å²) in [7, 11) is 0. The normalized spacial score (nSPS) is 19.6. The quantitative estimate of drug-likeness (QED) is 0.598. The Morgan fingerprint density at radius 3 is 3.05 bits per heavy atom. The van der Waals surface area contributed by atoms with Gasteiger partial charge < -0.3 is 9.47 Å². The lowest BCUT2D eigenvalue weighted by atomic mass is 9.94. The van der Waals surface area contributed by atoms with Crippen LogP contribution in [0.25, 0.3) is 22.4 Å². The van der Waals surface area contributed by atoms with E-state index >= 15 is 0 Å². The van der Waals surface area contributed by atoms with Gasteiger partial charge in [-0.1, -0.05) is 18.2 Å². The molecule has 4 nitrogen and oxygen atoms in total. The number of benzene rings is 1. The van der Waals surface area contributed by atoms with Crippen LogP contribution in [0, 0.1) is 0 Å². The molecule has 2 aromatic heterocycles. The molecule has 1 aromatic carbocycles. The summed E-state index contributed by atoms with van der Waals surface area (Å²) in [6, 6.07) is 11.8. The minimum Gasteiger partial charge on any atom is -0.469 e. The molecule has 2 aliphatic rings. The van der Waals surface area contributed by atoms with Crippen LogP contribution in [0.2, 0.25) is 0 Å². The third kappa shape index (κ3) is 1.53. The van der Waals surface area contributed by atoms with E-state index in [1.165, 1.54) is 5.56 Å². The number of rotatable bonds is 0. The lowest BCUT2D eigenvalue weighted by Crippen LogP contribution is -2.20. The topological polar surface area (TPSA) is 39.9 Å². The average Bonchev–Trinajstić information content (AvgIpc) is 3.00. The molecule has 0 spiro atoms. The van der Waals surface area contributed by atoms with Gasteiger partial charge in [0.1, 0.15) is 11.9 Å². The third-order valence-electron chi connectivity index (χ3n) is 4.51. The zero-order chi connectivity index (χ0) is 14.7. The molecule has 3 aromatic rings. The van der Waals surface area contributed by atoms with Gasteiger partial charge in [0.2, 0.25) is 0 Å². The average molecular weight is 291 g/mol. The molecule has 1 aliphatic heterocycles. The SMILES string of the molecule is O=c1c2ccccc2cc2c3c(ccn12)CC1OCOC1=C3. The smallest absolute Gasteiger partial charge is 0.262 e. The summed E-state index contributed by atoms with van der Waals surface area (Å²) in [6.45, 7) is 0.311. The van der Waals surface area contributed by atoms with Crippen molar-refractivity contribution >= 4 is 22.4 Å². The molecule has 1 saturated heterocycles. The van der Waals surface area contributed by atoms with Crippen molar-refractivity contribution in [3.63, 3.8) is 0 Å². The Bertz CT molecular complexity index is 1020. The van der Waals surface area contributed by atoms with Crippen LogP contribution in [-0.2, 0) is 15.9 Å². The summed E-state index contributed by atoms with van der Waals surface area (Å²) in [6.07, 6.45) is 4.68. The summed E-state index contributed by atoms with van der Waals surface area (Å²) in [5, 5.41) is 1.70. The van der Waals surface area contributed by atoms with Crippen molar-refractivity contribution in [2.45, 2.75) is 12.5 Å². The summed E-state index contributed by atoms with van der Waals surface area (Å²) in [5.41, 5.74) is 3.18. The standard InChI is InChI=1S/C18H13NO3/c20-18-13-4-2-1-3-11(13)7-15-14-9-17-16(21-10-22-17)8-12(14)5-6-19(15)18/h1-7,9,16H,8,10H2. The zero-order valence-electron chi connectivity index (χ0n) is 11.8. The van der Waals surface area contributed by atoms with E-state index in [0.717, 1.165) is 34.0 Å². The maximum absolute atomic E-state index is 12.7. The molecular formula is C18H13NO3. The molecule has 0 amide bonds. The highest BCUT2D eigenvalue weighted by atomic mass is 16.7. The molecule has 1 fully saturated rings. The number of hydrogen-bond donors (Lipinski definition) is 0. The minimum absolute atomic E-state index is 0.0139. The molecule has 4 heteroatoms. The lowest BCUT2D eigenvalue weighted by Gasteiger charge is -2.19. The van der Waals surface area contributed by atoms with Gasteiger partial charge in [0, 0.05) is 23.6 Å². The predicted octanol–water partition coefficient (Wildman–Crippen LogP) is 2.72. The van der Waals surface area contributed by atoms with Crippen LogP contribution in [0.5, 0.6) is 0 Å². The molecule has 5 rings (SSSR count). The van der Waals surface area contributed by atoms with Gasteiger partial charge in [0.25, 0.3) is 5.56 Å². The van der Waals surface area contributed by atoms with E-state index < -0.39 is 0 Å². The van der Waals surface area contributed by atoms with Crippen LogP contribution < -0.4 is 5.56 Å². The maximum Gasteiger partial charge on any atom is 0.262 e. The van der Waals surface area contributed by atoms with E-state index in [9.17, 15) is 4.79 Å². The van der Waals surface area contributed by atoms with Gasteiger partial charge in [0.05, 0.1) is 5.52 Å². The number of ether oxygens (including phenoxy) is 2. The molecule has 0 N–H and O–H groups in total. The van der Waals surface area contributed by atoms with Crippen molar-refractivity contribution in [3.8, 4) is 0 Å². The second-order valence-electron chi connectivity index (χ2n) is 5.71. The minimum atomic E-state index is 0.0139. The molecule has 108 valence electrons. The predicted molar refractivity (Wildman–Crippen MR) is 83.7 cm³/mol. The summed E-state index contributed by atoms with van der Waals surface area (Å²) in [5.74, 6) is 0.862. The molecule has 0 saturated carbocycles. The highest BCUT2D eigenvalue weighted by Crippen LogP contribution is 2.32. The van der Waals surface area contributed by atoms with Gasteiger partial charge in [0.15, 0.2) is 6.79 Å². The fourth-order valence-corrected chi connectivity index (χ4v) is 3.39. The molecule has 1 aliphatic carbocycles. The summed E-state index contributed by atoms with van der Waals surface area (Å²) in [4.78, 5) is 12.7. The first kappa shape index (κ1) is 12.0. The second kappa shape index (κ2) is 4.21. The number of nitrogens with zero attached hydrogens (tertiary/aromatic N) is 1. The van der Waals surface area contributed by atoms with Gasteiger partial charge in [-0.2, -0.15) is 0 Å².